The molecule has 0 aliphatic carbocycles. The van der Waals surface area contributed by atoms with Gasteiger partial charge in [-0.2, -0.15) is 0 Å². The van der Waals surface area contributed by atoms with Crippen molar-refractivity contribution in [2.24, 2.45) is 0 Å². The third-order valence-corrected chi connectivity index (χ3v) is 5.35. The van der Waals surface area contributed by atoms with E-state index in [2.05, 4.69) is 24.0 Å². The van der Waals surface area contributed by atoms with Crippen LogP contribution < -0.4 is 4.74 Å². The van der Waals surface area contributed by atoms with Gasteiger partial charge in [-0.25, -0.2) is 0 Å². The Morgan fingerprint density at radius 3 is 2.72 bits per heavy atom. The molecule has 0 saturated carbocycles. The SMILES string of the molecule is COc1ccccc1-c1nnc(SCC(=O)N2C(C)CCCC2C)o1. The molecule has 1 aliphatic heterocycles. The lowest BCUT2D eigenvalue weighted by Gasteiger charge is -2.39. The molecule has 0 bridgehead atoms. The van der Waals surface area contributed by atoms with Crippen LogP contribution in [0.5, 0.6) is 5.75 Å². The number of carbonyl (C=O) groups is 1. The van der Waals surface area contributed by atoms with Crippen molar-refractivity contribution in [2.75, 3.05) is 12.9 Å². The third-order valence-electron chi connectivity index (χ3n) is 4.54. The van der Waals surface area contributed by atoms with Crippen molar-refractivity contribution in [3.05, 3.63) is 24.3 Å². The highest BCUT2D eigenvalue weighted by atomic mass is 32.2. The van der Waals surface area contributed by atoms with E-state index in [0.717, 1.165) is 18.4 Å². The molecule has 1 amide bonds. The highest BCUT2D eigenvalue weighted by molar-refractivity contribution is 7.99. The Morgan fingerprint density at radius 2 is 2.00 bits per heavy atom. The van der Waals surface area contributed by atoms with Crippen LogP contribution in [-0.2, 0) is 4.79 Å². The molecule has 0 radical (unpaired) electrons. The highest BCUT2D eigenvalue weighted by Crippen LogP contribution is 2.31. The maximum atomic E-state index is 12.6. The van der Waals surface area contributed by atoms with Crippen LogP contribution in [0.25, 0.3) is 11.5 Å². The lowest BCUT2D eigenvalue weighted by Crippen LogP contribution is -2.48. The second-order valence-electron chi connectivity index (χ2n) is 6.29. The Bertz CT molecular complexity index is 724. The summed E-state index contributed by atoms with van der Waals surface area (Å²) in [4.78, 5) is 14.6. The molecule has 2 aromatic rings. The first-order valence-corrected chi connectivity index (χ1v) is 9.49. The lowest BCUT2D eigenvalue weighted by atomic mass is 9.98. The van der Waals surface area contributed by atoms with Crippen LogP contribution in [0.1, 0.15) is 33.1 Å². The van der Waals surface area contributed by atoms with Crippen LogP contribution >= 0.6 is 11.8 Å². The van der Waals surface area contributed by atoms with Gasteiger partial charge in [0.15, 0.2) is 0 Å². The fourth-order valence-electron chi connectivity index (χ4n) is 3.31. The van der Waals surface area contributed by atoms with Crippen molar-refractivity contribution in [1.29, 1.82) is 0 Å². The van der Waals surface area contributed by atoms with E-state index in [-0.39, 0.29) is 5.91 Å². The van der Waals surface area contributed by atoms with E-state index in [1.165, 1.54) is 18.2 Å². The van der Waals surface area contributed by atoms with Crippen molar-refractivity contribution < 1.29 is 13.9 Å². The quantitative estimate of drug-likeness (QED) is 0.758. The van der Waals surface area contributed by atoms with Gasteiger partial charge in [-0.3, -0.25) is 4.79 Å². The van der Waals surface area contributed by atoms with Gasteiger partial charge in [-0.05, 0) is 45.2 Å². The number of methoxy groups -OCH3 is 1. The molecule has 1 aliphatic rings. The molecule has 25 heavy (non-hydrogen) atoms. The summed E-state index contributed by atoms with van der Waals surface area (Å²) < 4.78 is 11.0. The number of carbonyl (C=O) groups excluding carboxylic acids is 1. The van der Waals surface area contributed by atoms with E-state index in [1.54, 1.807) is 7.11 Å². The number of benzene rings is 1. The van der Waals surface area contributed by atoms with Gasteiger partial charge < -0.3 is 14.1 Å². The summed E-state index contributed by atoms with van der Waals surface area (Å²) in [6, 6.07) is 8.07. The number of aromatic nitrogens is 2. The second kappa shape index (κ2) is 7.91. The zero-order valence-corrected chi connectivity index (χ0v) is 15.6. The molecule has 2 heterocycles. The fraction of sp³-hybridized carbons (Fsp3) is 0.500. The van der Waals surface area contributed by atoms with Crippen molar-refractivity contribution in [1.82, 2.24) is 15.1 Å². The van der Waals surface area contributed by atoms with Crippen LogP contribution in [0.4, 0.5) is 0 Å². The molecule has 6 nitrogen and oxygen atoms in total. The molecule has 1 aromatic carbocycles. The summed E-state index contributed by atoms with van der Waals surface area (Å²) >= 11 is 1.28. The summed E-state index contributed by atoms with van der Waals surface area (Å²) in [6.07, 6.45) is 3.32. The number of thioether (sulfide) groups is 1. The Morgan fingerprint density at radius 1 is 1.28 bits per heavy atom. The molecule has 1 aromatic heterocycles. The average Bonchev–Trinajstić information content (AvgIpc) is 3.08. The van der Waals surface area contributed by atoms with E-state index in [1.807, 2.05) is 29.2 Å². The number of piperidine rings is 1. The number of rotatable bonds is 5. The minimum atomic E-state index is 0.127. The second-order valence-corrected chi connectivity index (χ2v) is 7.22. The van der Waals surface area contributed by atoms with E-state index in [0.29, 0.717) is 34.7 Å². The van der Waals surface area contributed by atoms with Gasteiger partial charge in [0.05, 0.1) is 18.4 Å². The molecule has 1 saturated heterocycles. The van der Waals surface area contributed by atoms with E-state index < -0.39 is 0 Å². The molecule has 2 unspecified atom stereocenters. The monoisotopic (exact) mass is 361 g/mol. The number of ether oxygens (including phenoxy) is 1. The zero-order chi connectivity index (χ0) is 17.8. The maximum absolute atomic E-state index is 12.6. The summed E-state index contributed by atoms with van der Waals surface area (Å²) in [6.45, 7) is 4.23. The van der Waals surface area contributed by atoms with E-state index >= 15 is 0 Å². The molecule has 7 heteroatoms. The number of hydrogen-bond acceptors (Lipinski definition) is 6. The van der Waals surface area contributed by atoms with Crippen LogP contribution in [0, 0.1) is 0 Å². The van der Waals surface area contributed by atoms with Gasteiger partial charge in [0.2, 0.25) is 5.91 Å². The minimum absolute atomic E-state index is 0.127. The number of para-hydroxylation sites is 1. The smallest absolute Gasteiger partial charge is 0.277 e. The Labute approximate surface area is 151 Å². The minimum Gasteiger partial charge on any atom is -0.496 e. The summed E-state index contributed by atoms with van der Waals surface area (Å²) in [5.41, 5.74) is 0.744. The number of hydrogen-bond donors (Lipinski definition) is 0. The number of likely N-dealkylation sites (tertiary alicyclic amines) is 1. The predicted molar refractivity (Wildman–Crippen MR) is 96.6 cm³/mol. The molecular formula is C18H23N3O3S. The molecule has 3 rings (SSSR count). The first kappa shape index (κ1) is 17.8. The lowest BCUT2D eigenvalue weighted by molar-refractivity contribution is -0.134. The molecular weight excluding hydrogens is 338 g/mol. The predicted octanol–water partition coefficient (Wildman–Crippen LogP) is 3.63. The van der Waals surface area contributed by atoms with Gasteiger partial charge in [-0.1, -0.05) is 23.9 Å². The van der Waals surface area contributed by atoms with Gasteiger partial charge in [0.1, 0.15) is 5.75 Å². The number of amides is 1. The normalized spacial score (nSPS) is 20.5. The van der Waals surface area contributed by atoms with E-state index in [9.17, 15) is 4.79 Å². The first-order chi connectivity index (χ1) is 12.1. The van der Waals surface area contributed by atoms with Gasteiger partial charge in [0, 0.05) is 12.1 Å². The van der Waals surface area contributed by atoms with Gasteiger partial charge >= 0.3 is 0 Å². The maximum Gasteiger partial charge on any atom is 0.277 e. The average molecular weight is 361 g/mol. The molecule has 0 N–H and O–H groups in total. The van der Waals surface area contributed by atoms with Crippen LogP contribution in [0.2, 0.25) is 0 Å². The molecule has 2 atom stereocenters. The fourth-order valence-corrected chi connectivity index (χ4v) is 3.94. The third kappa shape index (κ3) is 3.98. The Hall–Kier alpha value is -2.02. The summed E-state index contributed by atoms with van der Waals surface area (Å²) in [7, 11) is 1.60. The topological polar surface area (TPSA) is 68.5 Å². The van der Waals surface area contributed by atoms with Gasteiger partial charge in [0.25, 0.3) is 11.1 Å². The van der Waals surface area contributed by atoms with Crippen molar-refractivity contribution in [3.63, 3.8) is 0 Å². The number of nitrogens with zero attached hydrogens (tertiary/aromatic N) is 3. The van der Waals surface area contributed by atoms with Crippen molar-refractivity contribution >= 4 is 17.7 Å². The largest absolute Gasteiger partial charge is 0.496 e. The Kier molecular flexibility index (Phi) is 5.63. The van der Waals surface area contributed by atoms with Crippen LogP contribution in [0.3, 0.4) is 0 Å². The van der Waals surface area contributed by atoms with Crippen LogP contribution in [-0.4, -0.2) is 46.0 Å². The van der Waals surface area contributed by atoms with Crippen molar-refractivity contribution in [3.8, 4) is 17.2 Å². The molecule has 0 spiro atoms. The highest BCUT2D eigenvalue weighted by Gasteiger charge is 2.29. The summed E-state index contributed by atoms with van der Waals surface area (Å²) in [5, 5.41) is 8.51. The Balaban J connectivity index is 1.65. The first-order valence-electron chi connectivity index (χ1n) is 8.51. The van der Waals surface area contributed by atoms with Crippen LogP contribution in [0.15, 0.2) is 33.9 Å². The zero-order valence-electron chi connectivity index (χ0n) is 14.8. The van der Waals surface area contributed by atoms with Crippen molar-refractivity contribution in [2.45, 2.75) is 50.4 Å². The van der Waals surface area contributed by atoms with E-state index in [4.69, 9.17) is 9.15 Å². The summed E-state index contributed by atoms with van der Waals surface area (Å²) in [5.74, 6) is 1.51. The van der Waals surface area contributed by atoms with Gasteiger partial charge in [-0.15, -0.1) is 10.2 Å². The standard InChI is InChI=1S/C18H23N3O3S/c1-12-7-6-8-13(2)21(12)16(22)11-25-18-20-19-17(24-18)14-9-4-5-10-15(14)23-3/h4-5,9-10,12-13H,6-8,11H2,1-3H3. The molecule has 1 fully saturated rings. The molecule has 134 valence electrons.